The quantitative estimate of drug-likeness (QED) is 0.826. The molecule has 1 unspecified atom stereocenters. The van der Waals surface area contributed by atoms with Crippen molar-refractivity contribution in [2.24, 2.45) is 11.8 Å². The normalized spacial score (nSPS) is 28.5. The van der Waals surface area contributed by atoms with E-state index in [1.165, 1.54) is 71.1 Å². The van der Waals surface area contributed by atoms with Gasteiger partial charge in [-0.05, 0) is 63.6 Å². The summed E-state index contributed by atoms with van der Waals surface area (Å²) in [5.74, 6) is 1.81. The van der Waals surface area contributed by atoms with Crippen molar-refractivity contribution < 1.29 is 0 Å². The van der Waals surface area contributed by atoms with Gasteiger partial charge in [0.15, 0.2) is 0 Å². The van der Waals surface area contributed by atoms with Gasteiger partial charge < -0.3 is 10.2 Å². The molecule has 0 aromatic rings. The molecule has 0 aromatic heterocycles. The summed E-state index contributed by atoms with van der Waals surface area (Å²) in [4.78, 5) is 2.85. The molecule has 2 saturated heterocycles. The van der Waals surface area contributed by atoms with Crippen LogP contribution >= 0.6 is 0 Å². The standard InChI is InChI=1S/C16H32N2/c1-14(2)12-16-6-4-3-5-11-18(16)13-15-7-9-17-10-8-15/h14-17H,3-13H2,1-2H3. The minimum Gasteiger partial charge on any atom is -0.317 e. The van der Waals surface area contributed by atoms with Gasteiger partial charge in [0.1, 0.15) is 0 Å². The van der Waals surface area contributed by atoms with Crippen molar-refractivity contribution >= 4 is 0 Å². The van der Waals surface area contributed by atoms with Gasteiger partial charge in [0.05, 0.1) is 0 Å². The summed E-state index contributed by atoms with van der Waals surface area (Å²) in [7, 11) is 0. The van der Waals surface area contributed by atoms with E-state index in [-0.39, 0.29) is 0 Å². The second-order valence-electron chi connectivity index (χ2n) is 6.82. The summed E-state index contributed by atoms with van der Waals surface area (Å²) in [6, 6.07) is 0.877. The smallest absolute Gasteiger partial charge is 0.00978 e. The number of nitrogens with zero attached hydrogens (tertiary/aromatic N) is 1. The van der Waals surface area contributed by atoms with Gasteiger partial charge in [0.25, 0.3) is 0 Å². The van der Waals surface area contributed by atoms with Crippen LogP contribution in [0.2, 0.25) is 0 Å². The van der Waals surface area contributed by atoms with E-state index >= 15 is 0 Å². The van der Waals surface area contributed by atoms with Crippen molar-refractivity contribution in [3.63, 3.8) is 0 Å². The molecule has 1 atom stereocenters. The van der Waals surface area contributed by atoms with E-state index in [0.29, 0.717) is 0 Å². The molecular weight excluding hydrogens is 220 g/mol. The highest BCUT2D eigenvalue weighted by atomic mass is 15.2. The predicted molar refractivity (Wildman–Crippen MR) is 78.9 cm³/mol. The Morgan fingerprint density at radius 2 is 1.83 bits per heavy atom. The van der Waals surface area contributed by atoms with Crippen molar-refractivity contribution in [1.82, 2.24) is 10.2 Å². The second-order valence-corrected chi connectivity index (χ2v) is 6.82. The SMILES string of the molecule is CC(C)CC1CCCCCN1CC1CCNCC1. The third-order valence-electron chi connectivity index (χ3n) is 4.69. The average Bonchev–Trinajstić information content (AvgIpc) is 2.56. The summed E-state index contributed by atoms with van der Waals surface area (Å²) in [5.41, 5.74) is 0. The largest absolute Gasteiger partial charge is 0.317 e. The molecule has 0 bridgehead atoms. The molecule has 2 nitrogen and oxygen atoms in total. The Balaban J connectivity index is 1.87. The molecule has 1 N–H and O–H groups in total. The number of likely N-dealkylation sites (tertiary alicyclic amines) is 1. The zero-order valence-electron chi connectivity index (χ0n) is 12.5. The molecule has 2 aliphatic rings. The van der Waals surface area contributed by atoms with Crippen molar-refractivity contribution in [3.05, 3.63) is 0 Å². The lowest BCUT2D eigenvalue weighted by atomic mass is 9.94. The molecule has 2 aliphatic heterocycles. The lowest BCUT2D eigenvalue weighted by Crippen LogP contribution is -2.42. The molecule has 0 saturated carbocycles. The third kappa shape index (κ3) is 4.55. The van der Waals surface area contributed by atoms with Gasteiger partial charge in [-0.1, -0.05) is 26.7 Å². The first-order valence-corrected chi connectivity index (χ1v) is 8.20. The van der Waals surface area contributed by atoms with E-state index in [2.05, 4.69) is 24.1 Å². The minimum absolute atomic E-state index is 0.851. The Morgan fingerprint density at radius 1 is 1.06 bits per heavy atom. The number of nitrogens with one attached hydrogen (secondary N) is 1. The average molecular weight is 252 g/mol. The summed E-state index contributed by atoms with van der Waals surface area (Å²) in [6.07, 6.45) is 9.99. The highest BCUT2D eigenvalue weighted by Crippen LogP contribution is 2.25. The molecule has 2 heteroatoms. The zero-order chi connectivity index (χ0) is 12.8. The first-order chi connectivity index (χ1) is 8.75. The highest BCUT2D eigenvalue weighted by Gasteiger charge is 2.25. The molecule has 2 rings (SSSR count). The summed E-state index contributed by atoms with van der Waals surface area (Å²) in [5, 5.41) is 3.49. The molecule has 0 amide bonds. The fraction of sp³-hybridized carbons (Fsp3) is 1.00. The van der Waals surface area contributed by atoms with Gasteiger partial charge in [0.2, 0.25) is 0 Å². The number of rotatable bonds is 4. The summed E-state index contributed by atoms with van der Waals surface area (Å²) < 4.78 is 0. The summed E-state index contributed by atoms with van der Waals surface area (Å²) in [6.45, 7) is 9.99. The van der Waals surface area contributed by atoms with Crippen LogP contribution in [0.25, 0.3) is 0 Å². The number of hydrogen-bond acceptors (Lipinski definition) is 2. The van der Waals surface area contributed by atoms with Gasteiger partial charge in [-0.2, -0.15) is 0 Å². The van der Waals surface area contributed by atoms with Gasteiger partial charge >= 0.3 is 0 Å². The van der Waals surface area contributed by atoms with Gasteiger partial charge in [0, 0.05) is 12.6 Å². The van der Waals surface area contributed by atoms with Crippen LogP contribution in [0.15, 0.2) is 0 Å². The maximum atomic E-state index is 3.49. The molecule has 106 valence electrons. The Labute approximate surface area is 114 Å². The number of hydrogen-bond donors (Lipinski definition) is 1. The third-order valence-corrected chi connectivity index (χ3v) is 4.69. The van der Waals surface area contributed by atoms with Crippen molar-refractivity contribution in [1.29, 1.82) is 0 Å². The van der Waals surface area contributed by atoms with Crippen LogP contribution in [-0.2, 0) is 0 Å². The predicted octanol–water partition coefficient (Wildman–Crippen LogP) is 3.28. The van der Waals surface area contributed by atoms with E-state index in [1.807, 2.05) is 0 Å². The fourth-order valence-electron chi connectivity index (χ4n) is 3.68. The van der Waals surface area contributed by atoms with Crippen LogP contribution in [0.1, 0.15) is 58.8 Å². The topological polar surface area (TPSA) is 15.3 Å². The summed E-state index contributed by atoms with van der Waals surface area (Å²) >= 11 is 0. The van der Waals surface area contributed by atoms with Crippen molar-refractivity contribution in [2.45, 2.75) is 64.8 Å². The maximum Gasteiger partial charge on any atom is 0.00978 e. The molecule has 0 spiro atoms. The molecule has 2 heterocycles. The monoisotopic (exact) mass is 252 g/mol. The van der Waals surface area contributed by atoms with E-state index in [4.69, 9.17) is 0 Å². The highest BCUT2D eigenvalue weighted by molar-refractivity contribution is 4.80. The minimum atomic E-state index is 0.851. The van der Waals surface area contributed by atoms with Crippen LogP contribution in [0.5, 0.6) is 0 Å². The first kappa shape index (κ1) is 14.3. The van der Waals surface area contributed by atoms with Crippen molar-refractivity contribution in [2.75, 3.05) is 26.2 Å². The Bertz CT molecular complexity index is 221. The number of piperidine rings is 1. The molecule has 0 aliphatic carbocycles. The van der Waals surface area contributed by atoms with Crippen LogP contribution in [0.4, 0.5) is 0 Å². The van der Waals surface area contributed by atoms with Gasteiger partial charge in [-0.3, -0.25) is 0 Å². The molecule has 18 heavy (non-hydrogen) atoms. The zero-order valence-corrected chi connectivity index (χ0v) is 12.5. The Kier molecular flexibility index (Phi) is 5.97. The van der Waals surface area contributed by atoms with E-state index in [9.17, 15) is 0 Å². The molecular formula is C16H32N2. The van der Waals surface area contributed by atoms with Crippen LogP contribution in [0.3, 0.4) is 0 Å². The lowest BCUT2D eigenvalue weighted by Gasteiger charge is -2.35. The van der Waals surface area contributed by atoms with E-state index < -0.39 is 0 Å². The van der Waals surface area contributed by atoms with Gasteiger partial charge in [-0.25, -0.2) is 0 Å². The van der Waals surface area contributed by atoms with Crippen LogP contribution in [-0.4, -0.2) is 37.1 Å². The van der Waals surface area contributed by atoms with E-state index in [0.717, 1.165) is 17.9 Å². The maximum absolute atomic E-state index is 3.49. The fourth-order valence-corrected chi connectivity index (χ4v) is 3.68. The Hall–Kier alpha value is -0.0800. The van der Waals surface area contributed by atoms with Crippen LogP contribution in [0, 0.1) is 11.8 Å². The molecule has 0 aromatic carbocycles. The van der Waals surface area contributed by atoms with Crippen LogP contribution < -0.4 is 5.32 Å². The van der Waals surface area contributed by atoms with Crippen molar-refractivity contribution in [3.8, 4) is 0 Å². The van der Waals surface area contributed by atoms with E-state index in [1.54, 1.807) is 0 Å². The molecule has 0 radical (unpaired) electrons. The second kappa shape index (κ2) is 7.49. The Morgan fingerprint density at radius 3 is 2.56 bits per heavy atom. The lowest BCUT2D eigenvalue weighted by molar-refractivity contribution is 0.138. The molecule has 2 fully saturated rings. The first-order valence-electron chi connectivity index (χ1n) is 8.20. The van der Waals surface area contributed by atoms with Gasteiger partial charge in [-0.15, -0.1) is 0 Å².